The Hall–Kier alpha value is -2.04. The second kappa shape index (κ2) is 7.29. The van der Waals surface area contributed by atoms with Crippen molar-refractivity contribution in [2.45, 2.75) is 26.8 Å². The van der Waals surface area contributed by atoms with Crippen LogP contribution in [-0.2, 0) is 4.79 Å². The zero-order valence-corrected chi connectivity index (χ0v) is 16.4. The van der Waals surface area contributed by atoms with Crippen LogP contribution >= 0.6 is 23.2 Å². The second-order valence-corrected chi connectivity index (χ2v) is 7.42. The molecule has 0 unspecified atom stereocenters. The molecule has 6 heteroatoms. The molecule has 1 aliphatic heterocycles. The summed E-state index contributed by atoms with van der Waals surface area (Å²) in [7, 11) is 0. The number of amides is 2. The van der Waals surface area contributed by atoms with Crippen LogP contribution in [0.5, 0.6) is 0 Å². The summed E-state index contributed by atoms with van der Waals surface area (Å²) in [6.45, 7) is 6.63. The summed E-state index contributed by atoms with van der Waals surface area (Å²) in [4.78, 5) is 29.2. The average molecular weight is 391 g/mol. The molecule has 0 aliphatic carbocycles. The highest BCUT2D eigenvalue weighted by Crippen LogP contribution is 2.28. The zero-order valence-electron chi connectivity index (χ0n) is 14.9. The summed E-state index contributed by atoms with van der Waals surface area (Å²) in [5, 5.41) is 0.759. The molecule has 0 aromatic heterocycles. The number of anilines is 1. The molecule has 2 aromatic carbocycles. The molecule has 1 atom stereocenters. The summed E-state index contributed by atoms with van der Waals surface area (Å²) in [5.74, 6) is -0.350. The standard InChI is InChI=1S/C20H20Cl2N2O2/c1-12-4-5-13(2)18(10-12)24-9-8-23(14(3)19(24)25)20(26)16-7-6-15(21)11-17(16)22/h4-7,10-11,14H,8-9H2,1-3H3/t14-/m1/s1. The lowest BCUT2D eigenvalue weighted by molar-refractivity contribution is -0.124. The van der Waals surface area contributed by atoms with E-state index in [2.05, 4.69) is 0 Å². The van der Waals surface area contributed by atoms with Crippen LogP contribution in [0.3, 0.4) is 0 Å². The second-order valence-electron chi connectivity index (χ2n) is 6.58. The number of halogens is 2. The first-order valence-corrected chi connectivity index (χ1v) is 9.20. The molecule has 1 fully saturated rings. The maximum Gasteiger partial charge on any atom is 0.256 e. The SMILES string of the molecule is Cc1ccc(C)c(N2CCN(C(=O)c3ccc(Cl)cc3Cl)[C@H](C)C2=O)c1. The van der Waals surface area contributed by atoms with Crippen molar-refractivity contribution in [2.75, 3.05) is 18.0 Å². The van der Waals surface area contributed by atoms with Crippen LogP contribution in [-0.4, -0.2) is 35.8 Å². The Kier molecular flexibility index (Phi) is 5.26. The van der Waals surface area contributed by atoms with Gasteiger partial charge in [0.05, 0.1) is 10.6 Å². The third-order valence-corrected chi connectivity index (χ3v) is 5.28. The molecule has 0 bridgehead atoms. The van der Waals surface area contributed by atoms with Crippen LogP contribution in [0.2, 0.25) is 10.0 Å². The molecule has 136 valence electrons. The number of carbonyl (C=O) groups is 2. The number of carbonyl (C=O) groups excluding carboxylic acids is 2. The van der Waals surface area contributed by atoms with Crippen molar-refractivity contribution in [3.8, 4) is 0 Å². The van der Waals surface area contributed by atoms with Crippen LogP contribution in [0, 0.1) is 13.8 Å². The van der Waals surface area contributed by atoms with E-state index in [9.17, 15) is 9.59 Å². The van der Waals surface area contributed by atoms with Gasteiger partial charge in [0.1, 0.15) is 6.04 Å². The fraction of sp³-hybridized carbons (Fsp3) is 0.300. The summed E-state index contributed by atoms with van der Waals surface area (Å²) in [5.41, 5.74) is 3.39. The minimum Gasteiger partial charge on any atom is -0.325 e. The van der Waals surface area contributed by atoms with Gasteiger partial charge in [0.15, 0.2) is 0 Å². The average Bonchev–Trinajstić information content (AvgIpc) is 2.59. The number of hydrogen-bond donors (Lipinski definition) is 0. The van der Waals surface area contributed by atoms with Gasteiger partial charge in [-0.15, -0.1) is 0 Å². The van der Waals surface area contributed by atoms with E-state index in [1.54, 1.807) is 28.9 Å². The first-order valence-electron chi connectivity index (χ1n) is 8.44. The highest BCUT2D eigenvalue weighted by molar-refractivity contribution is 6.36. The molecule has 0 N–H and O–H groups in total. The van der Waals surface area contributed by atoms with Gasteiger partial charge < -0.3 is 9.80 Å². The Morgan fingerprint density at radius 2 is 1.81 bits per heavy atom. The molecule has 4 nitrogen and oxygen atoms in total. The third-order valence-electron chi connectivity index (χ3n) is 4.73. The molecule has 3 rings (SSSR count). The van der Waals surface area contributed by atoms with Gasteiger partial charge in [0.2, 0.25) is 5.91 Å². The molecular formula is C20H20Cl2N2O2. The molecule has 2 aromatic rings. The number of hydrogen-bond acceptors (Lipinski definition) is 2. The summed E-state index contributed by atoms with van der Waals surface area (Å²) in [6, 6.07) is 10.2. The van der Waals surface area contributed by atoms with Gasteiger partial charge in [-0.2, -0.15) is 0 Å². The minimum absolute atomic E-state index is 0.0941. The van der Waals surface area contributed by atoms with Gasteiger partial charge in [-0.3, -0.25) is 9.59 Å². The highest BCUT2D eigenvalue weighted by atomic mass is 35.5. The van der Waals surface area contributed by atoms with Crippen LogP contribution in [0.1, 0.15) is 28.4 Å². The van der Waals surface area contributed by atoms with Gasteiger partial charge in [-0.05, 0) is 56.2 Å². The molecule has 0 spiro atoms. The molecule has 1 saturated heterocycles. The van der Waals surface area contributed by atoms with Gasteiger partial charge in [-0.25, -0.2) is 0 Å². The lowest BCUT2D eigenvalue weighted by atomic mass is 10.1. The van der Waals surface area contributed by atoms with Crippen molar-refractivity contribution in [1.82, 2.24) is 4.90 Å². The van der Waals surface area contributed by atoms with E-state index < -0.39 is 6.04 Å². The predicted molar refractivity (Wildman–Crippen MR) is 105 cm³/mol. The van der Waals surface area contributed by atoms with Crippen LogP contribution in [0.25, 0.3) is 0 Å². The van der Waals surface area contributed by atoms with E-state index in [-0.39, 0.29) is 11.8 Å². The van der Waals surface area contributed by atoms with Gasteiger partial charge in [0, 0.05) is 23.8 Å². The van der Waals surface area contributed by atoms with Gasteiger partial charge in [0.25, 0.3) is 5.91 Å². The fourth-order valence-electron chi connectivity index (χ4n) is 3.21. The molecule has 0 radical (unpaired) electrons. The van der Waals surface area contributed by atoms with Crippen molar-refractivity contribution in [1.29, 1.82) is 0 Å². The van der Waals surface area contributed by atoms with E-state index in [1.807, 2.05) is 32.0 Å². The van der Waals surface area contributed by atoms with Crippen molar-refractivity contribution < 1.29 is 9.59 Å². The number of aryl methyl sites for hydroxylation is 2. The number of nitrogens with zero attached hydrogens (tertiary/aromatic N) is 2. The third kappa shape index (κ3) is 3.44. The van der Waals surface area contributed by atoms with Crippen molar-refractivity contribution >= 4 is 40.7 Å². The van der Waals surface area contributed by atoms with E-state index in [4.69, 9.17) is 23.2 Å². The monoisotopic (exact) mass is 390 g/mol. The Morgan fingerprint density at radius 1 is 1.08 bits per heavy atom. The van der Waals surface area contributed by atoms with Crippen molar-refractivity contribution in [2.24, 2.45) is 0 Å². The Morgan fingerprint density at radius 3 is 2.50 bits per heavy atom. The molecule has 2 amide bonds. The summed E-state index contributed by atoms with van der Waals surface area (Å²) < 4.78 is 0. The molecule has 1 aliphatic rings. The lowest BCUT2D eigenvalue weighted by Crippen LogP contribution is -2.58. The van der Waals surface area contributed by atoms with Crippen molar-refractivity contribution in [3.63, 3.8) is 0 Å². The lowest BCUT2D eigenvalue weighted by Gasteiger charge is -2.39. The quantitative estimate of drug-likeness (QED) is 0.757. The Bertz CT molecular complexity index is 882. The minimum atomic E-state index is -0.567. The van der Waals surface area contributed by atoms with Gasteiger partial charge >= 0.3 is 0 Å². The maximum atomic E-state index is 13.0. The molecule has 26 heavy (non-hydrogen) atoms. The largest absolute Gasteiger partial charge is 0.325 e. The fourth-order valence-corrected chi connectivity index (χ4v) is 3.70. The van der Waals surface area contributed by atoms with Gasteiger partial charge in [-0.1, -0.05) is 35.3 Å². The highest BCUT2D eigenvalue weighted by Gasteiger charge is 2.36. The molecular weight excluding hydrogens is 371 g/mol. The normalized spacial score (nSPS) is 17.6. The summed E-state index contributed by atoms with van der Waals surface area (Å²) >= 11 is 12.1. The van der Waals surface area contributed by atoms with E-state index >= 15 is 0 Å². The number of piperazine rings is 1. The number of rotatable bonds is 2. The van der Waals surface area contributed by atoms with E-state index in [0.29, 0.717) is 28.7 Å². The van der Waals surface area contributed by atoms with Crippen molar-refractivity contribution in [3.05, 3.63) is 63.1 Å². The Balaban J connectivity index is 1.86. The van der Waals surface area contributed by atoms with Crippen LogP contribution in [0.15, 0.2) is 36.4 Å². The maximum absolute atomic E-state index is 13.0. The smallest absolute Gasteiger partial charge is 0.256 e. The Labute approximate surface area is 163 Å². The van der Waals surface area contributed by atoms with E-state index in [0.717, 1.165) is 16.8 Å². The zero-order chi connectivity index (χ0) is 19.0. The summed E-state index contributed by atoms with van der Waals surface area (Å²) in [6.07, 6.45) is 0. The van der Waals surface area contributed by atoms with Crippen LogP contribution < -0.4 is 4.90 Å². The van der Waals surface area contributed by atoms with Crippen LogP contribution in [0.4, 0.5) is 5.69 Å². The molecule has 0 saturated carbocycles. The predicted octanol–water partition coefficient (Wildman–Crippen LogP) is 4.49. The topological polar surface area (TPSA) is 40.6 Å². The number of benzene rings is 2. The van der Waals surface area contributed by atoms with E-state index in [1.165, 1.54) is 6.07 Å². The first-order chi connectivity index (χ1) is 12.3. The first kappa shape index (κ1) is 18.7. The molecule has 1 heterocycles.